The number of hydrogen-bond acceptors (Lipinski definition) is 1. The number of nitrogens with zero attached hydrogens (tertiary/aromatic N) is 1. The molecule has 0 amide bonds. The van der Waals surface area contributed by atoms with Crippen molar-refractivity contribution in [3.63, 3.8) is 0 Å². The Morgan fingerprint density at radius 2 is 0.684 bits per heavy atom. The van der Waals surface area contributed by atoms with Crippen molar-refractivity contribution < 1.29 is 0 Å². The largest absolute Gasteiger partial charge is 0.310 e. The fourth-order valence-corrected chi connectivity index (χ4v) is 14.0. The third-order valence-corrected chi connectivity index (χ3v) is 17.2. The zero-order chi connectivity index (χ0) is 50.6. The van der Waals surface area contributed by atoms with Crippen LogP contribution >= 0.6 is 0 Å². The Balaban J connectivity index is 1.05. The second kappa shape index (κ2) is 16.9. The van der Waals surface area contributed by atoms with Gasteiger partial charge >= 0.3 is 0 Å². The summed E-state index contributed by atoms with van der Waals surface area (Å²) in [4.78, 5) is 2.50. The molecule has 358 valence electrons. The van der Waals surface area contributed by atoms with E-state index in [2.05, 4.69) is 304 Å². The normalized spacial score (nSPS) is 17.7. The van der Waals surface area contributed by atoms with Crippen LogP contribution in [0.4, 0.5) is 17.1 Å². The minimum Gasteiger partial charge on any atom is -0.310 e. The van der Waals surface area contributed by atoms with E-state index in [9.17, 15) is 0 Å². The van der Waals surface area contributed by atoms with Crippen LogP contribution in [-0.2, 0) is 10.8 Å². The lowest BCUT2D eigenvalue weighted by Crippen LogP contribution is -2.44. The van der Waals surface area contributed by atoms with Crippen LogP contribution in [0.15, 0.2) is 291 Å². The quantitative estimate of drug-likeness (QED) is 0.154. The second-order valence-corrected chi connectivity index (χ2v) is 21.5. The first-order valence-electron chi connectivity index (χ1n) is 26.7. The standard InChI is InChI=1S/C75H53N/c1-73(2)47-46-67-72(73)61-29-16-18-31-63(61)75(67)65-45-39-56(52-24-11-5-12-25-52)48-68(65)74(64-44-38-57(49-69(64)75)53-26-13-6-14-27-53)62-30-17-15-28-60(62)71-66(74)32-19-33-70(71)76(58-40-34-54(35-41-58)50-20-7-3-8-21-50)59-42-36-55(37-43-59)51-22-9-4-10-23-51/h3-49H,1-2H3. The van der Waals surface area contributed by atoms with E-state index in [0.29, 0.717) is 0 Å². The summed E-state index contributed by atoms with van der Waals surface area (Å²) in [6, 6.07) is 102. The molecule has 0 saturated heterocycles. The van der Waals surface area contributed by atoms with Gasteiger partial charge < -0.3 is 4.90 Å². The lowest BCUT2D eigenvalue weighted by atomic mass is 9.51. The lowest BCUT2D eigenvalue weighted by Gasteiger charge is -2.49. The molecule has 4 aliphatic carbocycles. The minimum atomic E-state index is -0.714. The summed E-state index contributed by atoms with van der Waals surface area (Å²) >= 11 is 0. The molecule has 0 aliphatic heterocycles. The van der Waals surface area contributed by atoms with Crippen molar-refractivity contribution in [3.8, 4) is 55.6 Å². The average Bonchev–Trinajstić information content (AvgIpc) is 4.30. The summed E-state index contributed by atoms with van der Waals surface area (Å²) in [5.41, 5.74) is 27.4. The Labute approximate surface area is 446 Å². The van der Waals surface area contributed by atoms with E-state index in [4.69, 9.17) is 0 Å². The molecule has 0 aromatic heterocycles. The number of allylic oxidation sites excluding steroid dienone is 4. The van der Waals surface area contributed by atoms with E-state index < -0.39 is 10.8 Å². The first kappa shape index (κ1) is 44.2. The van der Waals surface area contributed by atoms with Crippen LogP contribution in [0.2, 0.25) is 0 Å². The Morgan fingerprint density at radius 1 is 0.289 bits per heavy atom. The van der Waals surface area contributed by atoms with Gasteiger partial charge in [0.2, 0.25) is 0 Å². The molecule has 0 radical (unpaired) electrons. The molecule has 1 heteroatoms. The Kier molecular flexibility index (Phi) is 9.81. The molecular weight excluding hydrogens is 915 g/mol. The first-order chi connectivity index (χ1) is 37.4. The van der Waals surface area contributed by atoms with Crippen molar-refractivity contribution >= 4 is 22.6 Å². The second-order valence-electron chi connectivity index (χ2n) is 21.5. The third kappa shape index (κ3) is 6.27. The summed E-state index contributed by atoms with van der Waals surface area (Å²) in [7, 11) is 0. The van der Waals surface area contributed by atoms with E-state index in [0.717, 1.165) is 17.1 Å². The number of hydrogen-bond donors (Lipinski definition) is 0. The first-order valence-corrected chi connectivity index (χ1v) is 26.7. The van der Waals surface area contributed by atoms with Gasteiger partial charge in [0.25, 0.3) is 0 Å². The van der Waals surface area contributed by atoms with Crippen molar-refractivity contribution in [2.75, 3.05) is 4.90 Å². The van der Waals surface area contributed by atoms with E-state index in [1.807, 2.05) is 0 Å². The van der Waals surface area contributed by atoms with Crippen LogP contribution in [0, 0.1) is 5.41 Å². The molecule has 76 heavy (non-hydrogen) atoms. The predicted molar refractivity (Wildman–Crippen MR) is 316 cm³/mol. The summed E-state index contributed by atoms with van der Waals surface area (Å²) in [6.45, 7) is 4.79. The molecule has 0 N–H and O–H groups in total. The SMILES string of the molecule is CC1(C)C=CC2=C1c1ccccc1C21c2cc(-c3ccccc3)ccc2C2(c3ccccc3-c3c(N(c4ccc(-c5ccccc5)cc4)c4ccc(-c5ccccc5)cc4)cccc32)c2cc(-c3ccccc3)ccc21. The topological polar surface area (TPSA) is 3.24 Å². The van der Waals surface area contributed by atoms with E-state index in [-0.39, 0.29) is 5.41 Å². The average molecular weight is 968 g/mol. The van der Waals surface area contributed by atoms with Gasteiger partial charge in [-0.3, -0.25) is 0 Å². The van der Waals surface area contributed by atoms with E-state index in [1.165, 1.54) is 111 Å². The number of fused-ring (bicyclic) bond motifs is 15. The van der Waals surface area contributed by atoms with E-state index in [1.54, 1.807) is 0 Å². The smallest absolute Gasteiger partial charge is 0.0721 e. The van der Waals surface area contributed by atoms with Gasteiger partial charge in [0, 0.05) is 22.4 Å². The van der Waals surface area contributed by atoms with Gasteiger partial charge in [-0.1, -0.05) is 257 Å². The van der Waals surface area contributed by atoms with Crippen LogP contribution in [0.5, 0.6) is 0 Å². The molecule has 11 aromatic carbocycles. The molecule has 0 fully saturated rings. The zero-order valence-corrected chi connectivity index (χ0v) is 42.6. The molecule has 2 atom stereocenters. The number of benzene rings is 11. The lowest BCUT2D eigenvalue weighted by molar-refractivity contribution is 0.630. The van der Waals surface area contributed by atoms with Crippen molar-refractivity contribution in [2.24, 2.45) is 5.41 Å². The molecule has 4 aliphatic rings. The van der Waals surface area contributed by atoms with Crippen LogP contribution in [0.25, 0.3) is 61.2 Å². The highest BCUT2D eigenvalue weighted by atomic mass is 15.1. The van der Waals surface area contributed by atoms with Gasteiger partial charge in [0.15, 0.2) is 0 Å². The molecule has 1 nitrogen and oxygen atoms in total. The summed E-state index contributed by atoms with van der Waals surface area (Å²) in [5.74, 6) is 0. The molecule has 2 unspecified atom stereocenters. The third-order valence-electron chi connectivity index (χ3n) is 17.2. The molecule has 2 spiro atoms. The van der Waals surface area contributed by atoms with Crippen LogP contribution < -0.4 is 4.90 Å². The monoisotopic (exact) mass is 967 g/mol. The summed E-state index contributed by atoms with van der Waals surface area (Å²) < 4.78 is 0. The van der Waals surface area contributed by atoms with Crippen molar-refractivity contribution in [3.05, 3.63) is 335 Å². The van der Waals surface area contributed by atoms with Gasteiger partial charge in [0.1, 0.15) is 0 Å². The Hall–Kier alpha value is -9.30. The van der Waals surface area contributed by atoms with Gasteiger partial charge in [-0.25, -0.2) is 0 Å². The van der Waals surface area contributed by atoms with Crippen molar-refractivity contribution in [1.82, 2.24) is 0 Å². The molecule has 0 heterocycles. The Bertz CT molecular complexity index is 4070. The maximum absolute atomic E-state index is 2.58. The number of rotatable bonds is 7. The van der Waals surface area contributed by atoms with Crippen molar-refractivity contribution in [1.29, 1.82) is 0 Å². The highest BCUT2D eigenvalue weighted by molar-refractivity contribution is 6.01. The minimum absolute atomic E-state index is 0.158. The fraction of sp³-hybridized carbons (Fsp3) is 0.0667. The van der Waals surface area contributed by atoms with Crippen LogP contribution in [0.3, 0.4) is 0 Å². The maximum atomic E-state index is 2.58. The Morgan fingerprint density at radius 3 is 1.21 bits per heavy atom. The fourth-order valence-electron chi connectivity index (χ4n) is 14.0. The molecular formula is C75H53N. The number of anilines is 3. The predicted octanol–water partition coefficient (Wildman–Crippen LogP) is 19.2. The van der Waals surface area contributed by atoms with Gasteiger partial charge in [0.05, 0.1) is 16.5 Å². The highest BCUT2D eigenvalue weighted by Crippen LogP contribution is 2.70. The van der Waals surface area contributed by atoms with Gasteiger partial charge in [-0.15, -0.1) is 0 Å². The maximum Gasteiger partial charge on any atom is 0.0721 e. The molecule has 11 aromatic rings. The highest BCUT2D eigenvalue weighted by Gasteiger charge is 2.61. The molecule has 15 rings (SSSR count). The zero-order valence-electron chi connectivity index (χ0n) is 42.6. The molecule has 0 bridgehead atoms. The summed E-state index contributed by atoms with van der Waals surface area (Å²) in [5, 5.41) is 0. The van der Waals surface area contributed by atoms with Gasteiger partial charge in [-0.2, -0.15) is 0 Å². The van der Waals surface area contributed by atoms with Crippen molar-refractivity contribution in [2.45, 2.75) is 24.7 Å². The van der Waals surface area contributed by atoms with Crippen LogP contribution in [-0.4, -0.2) is 0 Å². The van der Waals surface area contributed by atoms with Crippen LogP contribution in [0.1, 0.15) is 58.4 Å². The molecule has 0 saturated carbocycles. The van der Waals surface area contributed by atoms with Gasteiger partial charge in [-0.05, 0) is 148 Å². The van der Waals surface area contributed by atoms with E-state index >= 15 is 0 Å². The summed E-state index contributed by atoms with van der Waals surface area (Å²) in [6.07, 6.45) is 4.94.